The molecular weight excluding hydrogens is 305 g/mol. The van der Waals surface area contributed by atoms with Crippen molar-refractivity contribution >= 4 is 11.7 Å². The summed E-state index contributed by atoms with van der Waals surface area (Å²) >= 11 is 0. The monoisotopic (exact) mass is 322 g/mol. The summed E-state index contributed by atoms with van der Waals surface area (Å²) in [4.78, 5) is 11.7. The molecule has 122 valence electrons. The molecule has 23 heavy (non-hydrogen) atoms. The zero-order chi connectivity index (χ0) is 16.9. The molecule has 0 fully saturated rings. The van der Waals surface area contributed by atoms with Gasteiger partial charge in [-0.25, -0.2) is 4.79 Å². The van der Waals surface area contributed by atoms with Gasteiger partial charge in [-0.2, -0.15) is 13.2 Å². The molecule has 0 aliphatic heterocycles. The first-order valence-corrected chi connectivity index (χ1v) is 7.13. The van der Waals surface area contributed by atoms with Crippen LogP contribution in [0.3, 0.4) is 0 Å². The van der Waals surface area contributed by atoms with Crippen molar-refractivity contribution in [3.05, 3.63) is 65.2 Å². The highest BCUT2D eigenvalue weighted by atomic mass is 19.4. The fourth-order valence-corrected chi connectivity index (χ4v) is 2.12. The number of urea groups is 1. The van der Waals surface area contributed by atoms with E-state index in [0.29, 0.717) is 18.7 Å². The van der Waals surface area contributed by atoms with E-state index < -0.39 is 17.8 Å². The molecule has 6 heteroatoms. The predicted octanol–water partition coefficient (Wildman–Crippen LogP) is 4.38. The summed E-state index contributed by atoms with van der Waals surface area (Å²) < 4.78 is 37.3. The summed E-state index contributed by atoms with van der Waals surface area (Å²) in [5.74, 6) is 0. The van der Waals surface area contributed by atoms with Crippen LogP contribution >= 0.6 is 0 Å². The quantitative estimate of drug-likeness (QED) is 0.862. The minimum atomic E-state index is -4.38. The van der Waals surface area contributed by atoms with Crippen LogP contribution in [-0.4, -0.2) is 12.6 Å². The lowest BCUT2D eigenvalue weighted by Gasteiger charge is -2.10. The molecule has 0 bridgehead atoms. The van der Waals surface area contributed by atoms with Gasteiger partial charge in [0.1, 0.15) is 0 Å². The Morgan fingerprint density at radius 2 is 1.70 bits per heavy atom. The van der Waals surface area contributed by atoms with Crippen LogP contribution in [0.1, 0.15) is 16.7 Å². The number of hydrogen-bond acceptors (Lipinski definition) is 1. The smallest absolute Gasteiger partial charge is 0.338 e. The van der Waals surface area contributed by atoms with Crippen molar-refractivity contribution < 1.29 is 18.0 Å². The Morgan fingerprint density at radius 3 is 2.30 bits per heavy atom. The maximum Gasteiger partial charge on any atom is 0.416 e. The maximum absolute atomic E-state index is 12.4. The molecule has 0 unspecified atom stereocenters. The topological polar surface area (TPSA) is 41.1 Å². The SMILES string of the molecule is Cc1ccccc1CCNC(=O)Nc1ccc(C(F)(F)F)cc1. The highest BCUT2D eigenvalue weighted by molar-refractivity contribution is 5.89. The van der Waals surface area contributed by atoms with E-state index in [4.69, 9.17) is 0 Å². The van der Waals surface area contributed by atoms with Gasteiger partial charge in [0, 0.05) is 12.2 Å². The number of alkyl halides is 3. The highest BCUT2D eigenvalue weighted by Gasteiger charge is 2.29. The van der Waals surface area contributed by atoms with Gasteiger partial charge in [0.2, 0.25) is 0 Å². The average molecular weight is 322 g/mol. The highest BCUT2D eigenvalue weighted by Crippen LogP contribution is 2.29. The summed E-state index contributed by atoms with van der Waals surface area (Å²) in [7, 11) is 0. The van der Waals surface area contributed by atoms with Gasteiger partial charge < -0.3 is 10.6 Å². The molecule has 2 rings (SSSR count). The number of halogens is 3. The number of carbonyl (C=O) groups is 1. The standard InChI is InChI=1S/C17H17F3N2O/c1-12-4-2-3-5-13(12)10-11-21-16(23)22-15-8-6-14(7-9-15)17(18,19)20/h2-9H,10-11H2,1H3,(H2,21,22,23). The zero-order valence-corrected chi connectivity index (χ0v) is 12.6. The fraction of sp³-hybridized carbons (Fsp3) is 0.235. The molecule has 2 N–H and O–H groups in total. The summed E-state index contributed by atoms with van der Waals surface area (Å²) in [6.07, 6.45) is -3.69. The molecule has 0 radical (unpaired) electrons. The van der Waals surface area contributed by atoms with Gasteiger partial charge in [-0.3, -0.25) is 0 Å². The largest absolute Gasteiger partial charge is 0.416 e. The Morgan fingerprint density at radius 1 is 1.04 bits per heavy atom. The van der Waals surface area contributed by atoms with Crippen LogP contribution in [0.25, 0.3) is 0 Å². The van der Waals surface area contributed by atoms with Gasteiger partial charge in [0.05, 0.1) is 5.56 Å². The lowest BCUT2D eigenvalue weighted by atomic mass is 10.1. The second kappa shape index (κ2) is 7.17. The molecule has 0 aliphatic rings. The van der Waals surface area contributed by atoms with Crippen molar-refractivity contribution in [3.63, 3.8) is 0 Å². The Hall–Kier alpha value is -2.50. The minimum absolute atomic E-state index is 0.311. The van der Waals surface area contributed by atoms with E-state index in [1.807, 2.05) is 31.2 Å². The zero-order valence-electron chi connectivity index (χ0n) is 12.6. The first-order chi connectivity index (χ1) is 10.9. The van der Waals surface area contributed by atoms with Crippen LogP contribution in [0.4, 0.5) is 23.7 Å². The lowest BCUT2D eigenvalue weighted by molar-refractivity contribution is -0.137. The van der Waals surface area contributed by atoms with Gasteiger partial charge in [-0.15, -0.1) is 0 Å². The van der Waals surface area contributed by atoms with Gasteiger partial charge in [0.25, 0.3) is 0 Å². The molecule has 0 atom stereocenters. The van der Waals surface area contributed by atoms with E-state index >= 15 is 0 Å². The molecule has 0 aromatic heterocycles. The average Bonchev–Trinajstić information content (AvgIpc) is 2.49. The van der Waals surface area contributed by atoms with Crippen molar-refractivity contribution in [2.24, 2.45) is 0 Å². The van der Waals surface area contributed by atoms with E-state index in [9.17, 15) is 18.0 Å². The number of aryl methyl sites for hydroxylation is 1. The molecule has 0 heterocycles. The fourth-order valence-electron chi connectivity index (χ4n) is 2.12. The molecule has 0 spiro atoms. The number of anilines is 1. The number of nitrogens with one attached hydrogen (secondary N) is 2. The summed E-state index contributed by atoms with van der Waals surface area (Å²) in [5, 5.41) is 5.18. The van der Waals surface area contributed by atoms with Crippen LogP contribution in [0, 0.1) is 6.92 Å². The third-order valence-corrected chi connectivity index (χ3v) is 3.41. The summed E-state index contributed by atoms with van der Waals surface area (Å²) in [6.45, 7) is 2.44. The third kappa shape index (κ3) is 5.02. The maximum atomic E-state index is 12.4. The Balaban J connectivity index is 1.82. The van der Waals surface area contributed by atoms with Crippen LogP contribution in [0.5, 0.6) is 0 Å². The Labute approximate surface area is 132 Å². The predicted molar refractivity (Wildman–Crippen MR) is 83.3 cm³/mol. The molecule has 0 aliphatic carbocycles. The third-order valence-electron chi connectivity index (χ3n) is 3.41. The summed E-state index contributed by atoms with van der Waals surface area (Å²) in [5.41, 5.74) is 1.86. The van der Waals surface area contributed by atoms with Crippen LogP contribution in [0.15, 0.2) is 48.5 Å². The molecule has 3 nitrogen and oxygen atoms in total. The van der Waals surface area contributed by atoms with E-state index in [1.54, 1.807) is 0 Å². The van der Waals surface area contributed by atoms with Crippen molar-refractivity contribution in [1.29, 1.82) is 0 Å². The Bertz CT molecular complexity index is 666. The van der Waals surface area contributed by atoms with E-state index in [2.05, 4.69) is 10.6 Å². The number of benzene rings is 2. The van der Waals surface area contributed by atoms with Gasteiger partial charge in [-0.1, -0.05) is 24.3 Å². The molecule has 2 aromatic rings. The van der Waals surface area contributed by atoms with Crippen LogP contribution in [0.2, 0.25) is 0 Å². The number of amides is 2. The first kappa shape index (κ1) is 16.9. The second-order valence-electron chi connectivity index (χ2n) is 5.13. The number of hydrogen-bond donors (Lipinski definition) is 2. The molecule has 2 amide bonds. The second-order valence-corrected chi connectivity index (χ2v) is 5.13. The van der Waals surface area contributed by atoms with Crippen molar-refractivity contribution in [3.8, 4) is 0 Å². The lowest BCUT2D eigenvalue weighted by Crippen LogP contribution is -2.30. The molecule has 2 aromatic carbocycles. The van der Waals surface area contributed by atoms with Crippen molar-refractivity contribution in [2.75, 3.05) is 11.9 Å². The van der Waals surface area contributed by atoms with Crippen molar-refractivity contribution in [2.45, 2.75) is 19.5 Å². The van der Waals surface area contributed by atoms with E-state index in [0.717, 1.165) is 23.3 Å². The minimum Gasteiger partial charge on any atom is -0.338 e. The van der Waals surface area contributed by atoms with Crippen LogP contribution < -0.4 is 10.6 Å². The van der Waals surface area contributed by atoms with E-state index in [1.165, 1.54) is 12.1 Å². The first-order valence-electron chi connectivity index (χ1n) is 7.13. The normalized spacial score (nSPS) is 11.1. The molecule has 0 saturated heterocycles. The van der Waals surface area contributed by atoms with Gasteiger partial charge in [-0.05, 0) is 48.7 Å². The van der Waals surface area contributed by atoms with Crippen molar-refractivity contribution in [1.82, 2.24) is 5.32 Å². The van der Waals surface area contributed by atoms with Gasteiger partial charge >= 0.3 is 12.2 Å². The van der Waals surface area contributed by atoms with Crippen LogP contribution in [-0.2, 0) is 12.6 Å². The molecular formula is C17H17F3N2O. The Kier molecular flexibility index (Phi) is 5.26. The summed E-state index contributed by atoms with van der Waals surface area (Å²) in [6, 6.07) is 11.7. The number of carbonyl (C=O) groups excluding carboxylic acids is 1. The molecule has 0 saturated carbocycles. The van der Waals surface area contributed by atoms with E-state index in [-0.39, 0.29) is 0 Å². The number of rotatable bonds is 4. The van der Waals surface area contributed by atoms with Gasteiger partial charge in [0.15, 0.2) is 0 Å².